The quantitative estimate of drug-likeness (QED) is 0.538. The first-order chi connectivity index (χ1) is 6.81. The summed E-state index contributed by atoms with van der Waals surface area (Å²) in [6.07, 6.45) is 0. The lowest BCUT2D eigenvalue weighted by atomic mass is 10.1. The fourth-order valence-corrected chi connectivity index (χ4v) is 1.39. The van der Waals surface area contributed by atoms with Gasteiger partial charge in [-0.25, -0.2) is 4.39 Å². The largest absolute Gasteiger partial charge is 0.337 e. The summed E-state index contributed by atoms with van der Waals surface area (Å²) in [4.78, 5) is 9.51. The van der Waals surface area contributed by atoms with Gasteiger partial charge >= 0.3 is 0 Å². The lowest BCUT2D eigenvalue weighted by Gasteiger charge is -2.04. The summed E-state index contributed by atoms with van der Waals surface area (Å²) in [7, 11) is 1.43. The molecule has 0 radical (unpaired) electrons. The van der Waals surface area contributed by atoms with Gasteiger partial charge in [0, 0.05) is 5.39 Å². The molecular weight excluding hydrogens is 183 g/mol. The zero-order valence-corrected chi connectivity index (χ0v) is 7.66. The molecule has 2 rings (SSSR count). The predicted octanol–water partition coefficient (Wildman–Crippen LogP) is 2.92. The summed E-state index contributed by atoms with van der Waals surface area (Å²) in [6, 6.07) is 9.89. The van der Waals surface area contributed by atoms with Gasteiger partial charge in [0.05, 0.1) is 7.11 Å². The SMILES string of the molecule is COOc1cccc2cc(F)ccc12. The van der Waals surface area contributed by atoms with Crippen LogP contribution in [0.15, 0.2) is 36.4 Å². The Labute approximate surface area is 80.8 Å². The standard InChI is InChI=1S/C11H9FO2/c1-13-14-11-4-2-3-8-7-9(12)5-6-10(8)11/h2-7H,1H3. The third kappa shape index (κ3) is 1.54. The zero-order chi connectivity index (χ0) is 9.97. The number of halogens is 1. The van der Waals surface area contributed by atoms with Gasteiger partial charge in [-0.3, -0.25) is 0 Å². The minimum Gasteiger partial charge on any atom is -0.337 e. The Morgan fingerprint density at radius 3 is 2.79 bits per heavy atom. The molecule has 0 fully saturated rings. The summed E-state index contributed by atoms with van der Waals surface area (Å²) >= 11 is 0. The molecule has 0 heterocycles. The molecule has 0 aromatic heterocycles. The maximum Gasteiger partial charge on any atom is 0.173 e. The van der Waals surface area contributed by atoms with Crippen molar-refractivity contribution in [3.63, 3.8) is 0 Å². The zero-order valence-electron chi connectivity index (χ0n) is 7.66. The van der Waals surface area contributed by atoms with Crippen LogP contribution in [0.4, 0.5) is 4.39 Å². The van der Waals surface area contributed by atoms with Gasteiger partial charge < -0.3 is 4.89 Å². The van der Waals surface area contributed by atoms with E-state index in [4.69, 9.17) is 4.89 Å². The van der Waals surface area contributed by atoms with Crippen LogP contribution in [0.2, 0.25) is 0 Å². The van der Waals surface area contributed by atoms with E-state index in [9.17, 15) is 4.39 Å². The normalized spacial score (nSPS) is 10.4. The van der Waals surface area contributed by atoms with Crippen LogP contribution in [0.25, 0.3) is 10.8 Å². The first-order valence-corrected chi connectivity index (χ1v) is 4.20. The maximum atomic E-state index is 12.9. The van der Waals surface area contributed by atoms with E-state index in [-0.39, 0.29) is 5.82 Å². The van der Waals surface area contributed by atoms with E-state index in [0.717, 1.165) is 10.8 Å². The van der Waals surface area contributed by atoms with Crippen molar-refractivity contribution in [3.8, 4) is 5.75 Å². The average molecular weight is 192 g/mol. The topological polar surface area (TPSA) is 18.5 Å². The summed E-state index contributed by atoms with van der Waals surface area (Å²) < 4.78 is 12.9. The van der Waals surface area contributed by atoms with E-state index in [1.54, 1.807) is 18.2 Å². The van der Waals surface area contributed by atoms with E-state index in [0.29, 0.717) is 5.75 Å². The van der Waals surface area contributed by atoms with Crippen LogP contribution in [-0.4, -0.2) is 7.11 Å². The molecule has 0 aliphatic carbocycles. The lowest BCUT2D eigenvalue weighted by molar-refractivity contribution is -0.176. The number of fused-ring (bicyclic) bond motifs is 1. The molecular formula is C11H9FO2. The lowest BCUT2D eigenvalue weighted by Crippen LogP contribution is -1.91. The van der Waals surface area contributed by atoms with Crippen LogP contribution in [0.5, 0.6) is 5.75 Å². The molecule has 0 saturated heterocycles. The highest BCUT2D eigenvalue weighted by molar-refractivity contribution is 5.88. The molecule has 0 saturated carbocycles. The highest BCUT2D eigenvalue weighted by Crippen LogP contribution is 2.25. The predicted molar refractivity (Wildman–Crippen MR) is 51.5 cm³/mol. The van der Waals surface area contributed by atoms with Crippen molar-refractivity contribution in [2.75, 3.05) is 7.11 Å². The molecule has 0 N–H and O–H groups in total. The van der Waals surface area contributed by atoms with E-state index in [1.807, 2.05) is 6.07 Å². The minimum absolute atomic E-state index is 0.257. The third-order valence-corrected chi connectivity index (χ3v) is 1.98. The van der Waals surface area contributed by atoms with E-state index in [1.165, 1.54) is 19.2 Å². The maximum absolute atomic E-state index is 12.9. The van der Waals surface area contributed by atoms with Gasteiger partial charge in [-0.1, -0.05) is 12.1 Å². The molecule has 0 unspecified atom stereocenters. The van der Waals surface area contributed by atoms with Crippen molar-refractivity contribution in [1.29, 1.82) is 0 Å². The van der Waals surface area contributed by atoms with E-state index in [2.05, 4.69) is 4.89 Å². The highest BCUT2D eigenvalue weighted by Gasteiger charge is 2.02. The molecule has 0 spiro atoms. The molecule has 72 valence electrons. The van der Waals surface area contributed by atoms with Gasteiger partial charge in [0.1, 0.15) is 5.82 Å². The van der Waals surface area contributed by atoms with Crippen LogP contribution in [-0.2, 0) is 4.89 Å². The molecule has 2 aromatic carbocycles. The fourth-order valence-electron chi connectivity index (χ4n) is 1.39. The monoisotopic (exact) mass is 192 g/mol. The van der Waals surface area contributed by atoms with Crippen molar-refractivity contribution < 1.29 is 14.2 Å². The van der Waals surface area contributed by atoms with Crippen LogP contribution >= 0.6 is 0 Å². The van der Waals surface area contributed by atoms with Gasteiger partial charge in [0.25, 0.3) is 0 Å². The molecule has 3 heteroatoms. The van der Waals surface area contributed by atoms with Crippen LogP contribution in [0, 0.1) is 5.82 Å². The second-order valence-corrected chi connectivity index (χ2v) is 2.87. The molecule has 14 heavy (non-hydrogen) atoms. The van der Waals surface area contributed by atoms with Crippen molar-refractivity contribution in [2.45, 2.75) is 0 Å². The second kappa shape index (κ2) is 3.64. The van der Waals surface area contributed by atoms with Gasteiger partial charge in [-0.15, -0.1) is 0 Å². The molecule has 2 nitrogen and oxygen atoms in total. The summed E-state index contributed by atoms with van der Waals surface area (Å²) in [5, 5.41) is 1.62. The van der Waals surface area contributed by atoms with Gasteiger partial charge in [-0.05, 0) is 29.7 Å². The minimum atomic E-state index is -0.257. The highest BCUT2D eigenvalue weighted by atomic mass is 19.1. The number of hydrogen-bond acceptors (Lipinski definition) is 2. The van der Waals surface area contributed by atoms with E-state index >= 15 is 0 Å². The van der Waals surface area contributed by atoms with Crippen LogP contribution < -0.4 is 4.89 Å². The summed E-state index contributed by atoms with van der Waals surface area (Å²) in [5.41, 5.74) is 0. The Kier molecular flexibility index (Phi) is 2.33. The molecule has 0 atom stereocenters. The molecule has 0 aliphatic heterocycles. The Morgan fingerprint density at radius 2 is 2.00 bits per heavy atom. The molecule has 0 amide bonds. The van der Waals surface area contributed by atoms with Gasteiger partial charge in [-0.2, -0.15) is 4.89 Å². The number of benzene rings is 2. The third-order valence-electron chi connectivity index (χ3n) is 1.98. The van der Waals surface area contributed by atoms with Gasteiger partial charge in [0.2, 0.25) is 0 Å². The number of rotatable bonds is 2. The molecule has 0 aliphatic rings. The Balaban J connectivity index is 2.62. The van der Waals surface area contributed by atoms with Crippen molar-refractivity contribution >= 4 is 10.8 Å². The Hall–Kier alpha value is -1.61. The fraction of sp³-hybridized carbons (Fsp3) is 0.0909. The summed E-state index contributed by atoms with van der Waals surface area (Å²) in [6.45, 7) is 0. The summed E-state index contributed by atoms with van der Waals surface area (Å²) in [5.74, 6) is 0.331. The van der Waals surface area contributed by atoms with Crippen molar-refractivity contribution in [2.24, 2.45) is 0 Å². The first-order valence-electron chi connectivity index (χ1n) is 4.20. The van der Waals surface area contributed by atoms with Crippen molar-refractivity contribution in [1.82, 2.24) is 0 Å². The van der Waals surface area contributed by atoms with Gasteiger partial charge in [0.15, 0.2) is 5.75 Å². The average Bonchev–Trinajstić information content (AvgIpc) is 2.18. The molecule has 2 aromatic rings. The van der Waals surface area contributed by atoms with Crippen LogP contribution in [0.1, 0.15) is 0 Å². The number of hydrogen-bond donors (Lipinski definition) is 0. The second-order valence-electron chi connectivity index (χ2n) is 2.87. The van der Waals surface area contributed by atoms with E-state index < -0.39 is 0 Å². The Bertz CT molecular complexity index is 454. The van der Waals surface area contributed by atoms with Crippen LogP contribution in [0.3, 0.4) is 0 Å². The smallest absolute Gasteiger partial charge is 0.173 e. The first kappa shape index (κ1) is 8.97. The van der Waals surface area contributed by atoms with Crippen molar-refractivity contribution in [3.05, 3.63) is 42.2 Å². The Morgan fingerprint density at radius 1 is 1.14 bits per heavy atom. The molecule has 0 bridgehead atoms.